The van der Waals surface area contributed by atoms with E-state index in [1.54, 1.807) is 29.6 Å². The normalized spacial score (nSPS) is 10.3. The summed E-state index contributed by atoms with van der Waals surface area (Å²) in [6.07, 6.45) is 2.98. The maximum absolute atomic E-state index is 12.3. The van der Waals surface area contributed by atoms with Gasteiger partial charge in [-0.2, -0.15) is 0 Å². The average Bonchev–Trinajstić information content (AvgIpc) is 3.09. The Bertz CT molecular complexity index is 964. The molecule has 0 bridgehead atoms. The summed E-state index contributed by atoms with van der Waals surface area (Å²) >= 11 is 7.16. The zero-order valence-corrected chi connectivity index (χ0v) is 15.7. The quantitative estimate of drug-likeness (QED) is 0.655. The first kappa shape index (κ1) is 18.7. The SMILES string of the molecule is COc1ccc(Cl)cc1NC(=O)Cc1csc(NC(=O)c2ncccn2)n1. The third-order valence-corrected chi connectivity index (χ3v) is 4.36. The Labute approximate surface area is 163 Å². The van der Waals surface area contributed by atoms with Gasteiger partial charge in [0.25, 0.3) is 5.91 Å². The second-order valence-corrected chi connectivity index (χ2v) is 6.53. The molecule has 0 spiro atoms. The smallest absolute Gasteiger partial charge is 0.295 e. The van der Waals surface area contributed by atoms with Crippen LogP contribution in [-0.2, 0) is 11.2 Å². The molecule has 3 aromatic rings. The predicted molar refractivity (Wildman–Crippen MR) is 102 cm³/mol. The molecule has 0 saturated heterocycles. The van der Waals surface area contributed by atoms with E-state index in [9.17, 15) is 9.59 Å². The molecule has 0 atom stereocenters. The molecule has 2 aromatic heterocycles. The highest BCUT2D eigenvalue weighted by Gasteiger charge is 2.14. The zero-order valence-electron chi connectivity index (χ0n) is 14.1. The van der Waals surface area contributed by atoms with Gasteiger partial charge < -0.3 is 10.1 Å². The molecule has 0 fully saturated rings. The van der Waals surface area contributed by atoms with Crippen LogP contribution < -0.4 is 15.4 Å². The summed E-state index contributed by atoms with van der Waals surface area (Å²) in [6.45, 7) is 0. The van der Waals surface area contributed by atoms with E-state index >= 15 is 0 Å². The summed E-state index contributed by atoms with van der Waals surface area (Å²) in [7, 11) is 1.50. The van der Waals surface area contributed by atoms with Gasteiger partial charge in [-0.1, -0.05) is 11.6 Å². The monoisotopic (exact) mass is 403 g/mol. The van der Waals surface area contributed by atoms with Gasteiger partial charge in [0.1, 0.15) is 5.75 Å². The second kappa shape index (κ2) is 8.56. The van der Waals surface area contributed by atoms with Gasteiger partial charge in [0, 0.05) is 22.8 Å². The van der Waals surface area contributed by atoms with Crippen molar-refractivity contribution in [3.05, 3.63) is 58.6 Å². The standard InChI is InChI=1S/C17H14ClN5O3S/c1-26-13-4-3-10(18)7-12(13)22-14(24)8-11-9-27-17(21-11)23-16(25)15-19-5-2-6-20-15/h2-7,9H,8H2,1H3,(H,22,24)(H,21,23,25). The van der Waals surface area contributed by atoms with E-state index in [2.05, 4.69) is 25.6 Å². The molecular weight excluding hydrogens is 390 g/mol. The summed E-state index contributed by atoms with van der Waals surface area (Å²) in [4.78, 5) is 36.2. The molecule has 138 valence electrons. The molecule has 10 heteroatoms. The minimum atomic E-state index is -0.468. The molecule has 2 N–H and O–H groups in total. The van der Waals surface area contributed by atoms with E-state index < -0.39 is 5.91 Å². The maximum Gasteiger partial charge on any atom is 0.295 e. The van der Waals surface area contributed by atoms with Gasteiger partial charge in [-0.25, -0.2) is 15.0 Å². The second-order valence-electron chi connectivity index (χ2n) is 5.24. The number of aromatic nitrogens is 3. The number of rotatable bonds is 6. The van der Waals surface area contributed by atoms with Gasteiger partial charge >= 0.3 is 0 Å². The Morgan fingerprint density at radius 2 is 2.00 bits per heavy atom. The fraction of sp³-hybridized carbons (Fsp3) is 0.118. The number of hydrogen-bond donors (Lipinski definition) is 2. The first-order valence-corrected chi connectivity index (χ1v) is 8.97. The first-order valence-electron chi connectivity index (χ1n) is 7.71. The van der Waals surface area contributed by atoms with E-state index in [-0.39, 0.29) is 18.2 Å². The third-order valence-electron chi connectivity index (χ3n) is 3.32. The Hall–Kier alpha value is -3.04. The summed E-state index contributed by atoms with van der Waals surface area (Å²) in [5.74, 6) is -0.211. The van der Waals surface area contributed by atoms with Crippen LogP contribution in [0, 0.1) is 0 Å². The Kier molecular flexibility index (Phi) is 5.94. The van der Waals surface area contributed by atoms with Crippen LogP contribution in [0.25, 0.3) is 0 Å². The number of methoxy groups -OCH3 is 1. The van der Waals surface area contributed by atoms with Gasteiger partial charge in [-0.3, -0.25) is 14.9 Å². The molecule has 0 saturated carbocycles. The molecule has 2 amide bonds. The van der Waals surface area contributed by atoms with Crippen molar-refractivity contribution < 1.29 is 14.3 Å². The highest BCUT2D eigenvalue weighted by atomic mass is 35.5. The number of anilines is 2. The van der Waals surface area contributed by atoms with Crippen LogP contribution >= 0.6 is 22.9 Å². The molecule has 2 heterocycles. The van der Waals surface area contributed by atoms with Gasteiger partial charge in [0.2, 0.25) is 11.7 Å². The predicted octanol–water partition coefficient (Wildman–Crippen LogP) is 3.03. The van der Waals surface area contributed by atoms with Crippen molar-refractivity contribution in [2.24, 2.45) is 0 Å². The number of benzene rings is 1. The summed E-state index contributed by atoms with van der Waals surface area (Å²) < 4.78 is 5.20. The zero-order chi connectivity index (χ0) is 19.2. The highest BCUT2D eigenvalue weighted by Crippen LogP contribution is 2.28. The molecular formula is C17H14ClN5O3S. The molecule has 8 nitrogen and oxygen atoms in total. The van der Waals surface area contributed by atoms with E-state index in [4.69, 9.17) is 16.3 Å². The summed E-state index contributed by atoms with van der Waals surface area (Å²) in [6, 6.07) is 6.55. The number of thiazole rings is 1. The van der Waals surface area contributed by atoms with Crippen LogP contribution in [0.4, 0.5) is 10.8 Å². The molecule has 0 unspecified atom stereocenters. The molecule has 27 heavy (non-hydrogen) atoms. The molecule has 1 aromatic carbocycles. The lowest BCUT2D eigenvalue weighted by Gasteiger charge is -2.10. The average molecular weight is 404 g/mol. The lowest BCUT2D eigenvalue weighted by molar-refractivity contribution is -0.115. The van der Waals surface area contributed by atoms with Crippen LogP contribution in [0.3, 0.4) is 0 Å². The van der Waals surface area contributed by atoms with Crippen molar-refractivity contribution in [2.45, 2.75) is 6.42 Å². The van der Waals surface area contributed by atoms with E-state index in [0.717, 1.165) is 0 Å². The van der Waals surface area contributed by atoms with Gasteiger partial charge in [-0.15, -0.1) is 11.3 Å². The molecule has 0 aliphatic carbocycles. The number of halogens is 1. The van der Waals surface area contributed by atoms with Crippen molar-refractivity contribution in [3.8, 4) is 5.75 Å². The minimum Gasteiger partial charge on any atom is -0.495 e. The number of amides is 2. The van der Waals surface area contributed by atoms with Crippen LogP contribution in [0.2, 0.25) is 5.02 Å². The topological polar surface area (TPSA) is 106 Å². The fourth-order valence-corrected chi connectivity index (χ4v) is 3.03. The van der Waals surface area contributed by atoms with Crippen molar-refractivity contribution in [1.29, 1.82) is 0 Å². The Morgan fingerprint density at radius 3 is 2.74 bits per heavy atom. The number of ether oxygens (including phenoxy) is 1. The first-order chi connectivity index (χ1) is 13.0. The summed E-state index contributed by atoms with van der Waals surface area (Å²) in [5.41, 5.74) is 0.989. The lowest BCUT2D eigenvalue weighted by Crippen LogP contribution is -2.16. The Morgan fingerprint density at radius 1 is 1.22 bits per heavy atom. The molecule has 0 radical (unpaired) electrons. The summed E-state index contributed by atoms with van der Waals surface area (Å²) in [5, 5.41) is 7.86. The third kappa shape index (κ3) is 4.99. The number of nitrogens with one attached hydrogen (secondary N) is 2. The van der Waals surface area contributed by atoms with Gasteiger partial charge in [-0.05, 0) is 24.3 Å². The largest absolute Gasteiger partial charge is 0.495 e. The maximum atomic E-state index is 12.3. The van der Waals surface area contributed by atoms with Gasteiger partial charge in [0.15, 0.2) is 5.13 Å². The van der Waals surface area contributed by atoms with Crippen LogP contribution in [0.5, 0.6) is 5.75 Å². The molecule has 3 rings (SSSR count). The minimum absolute atomic E-state index is 0.0316. The number of nitrogens with zero attached hydrogens (tertiary/aromatic N) is 3. The van der Waals surface area contributed by atoms with Crippen LogP contribution in [-0.4, -0.2) is 33.9 Å². The number of carbonyl (C=O) groups is 2. The van der Waals surface area contributed by atoms with Crippen molar-refractivity contribution in [1.82, 2.24) is 15.0 Å². The lowest BCUT2D eigenvalue weighted by atomic mass is 10.2. The highest BCUT2D eigenvalue weighted by molar-refractivity contribution is 7.14. The number of hydrogen-bond acceptors (Lipinski definition) is 7. The van der Waals surface area contributed by atoms with E-state index in [1.165, 1.54) is 30.8 Å². The number of carbonyl (C=O) groups excluding carboxylic acids is 2. The molecule has 0 aliphatic heterocycles. The van der Waals surface area contributed by atoms with Crippen LogP contribution in [0.1, 0.15) is 16.3 Å². The fourth-order valence-electron chi connectivity index (χ4n) is 2.15. The molecule has 0 aliphatic rings. The van der Waals surface area contributed by atoms with Gasteiger partial charge in [0.05, 0.1) is 24.9 Å². The van der Waals surface area contributed by atoms with E-state index in [1.807, 2.05) is 0 Å². The van der Waals surface area contributed by atoms with Crippen molar-refractivity contribution in [2.75, 3.05) is 17.7 Å². The van der Waals surface area contributed by atoms with Crippen molar-refractivity contribution >= 4 is 45.6 Å². The van der Waals surface area contributed by atoms with Crippen molar-refractivity contribution in [3.63, 3.8) is 0 Å². The van der Waals surface area contributed by atoms with Crippen LogP contribution in [0.15, 0.2) is 42.0 Å². The van der Waals surface area contributed by atoms with E-state index in [0.29, 0.717) is 27.3 Å². The Balaban J connectivity index is 1.61.